The van der Waals surface area contributed by atoms with Crippen molar-refractivity contribution < 1.29 is 17.9 Å². The molecule has 0 aliphatic heterocycles. The maximum absolute atomic E-state index is 11.9. The number of carbonyl (C=O) groups is 1. The van der Waals surface area contributed by atoms with Gasteiger partial charge in [-0.25, -0.2) is 13.2 Å². The van der Waals surface area contributed by atoms with Crippen LogP contribution >= 0.6 is 10.7 Å². The van der Waals surface area contributed by atoms with Gasteiger partial charge in [0.15, 0.2) is 0 Å². The molecule has 0 heterocycles. The minimum Gasteiger partial charge on any atom is -0.462 e. The summed E-state index contributed by atoms with van der Waals surface area (Å²) in [5.74, 6) is -0.0783. The van der Waals surface area contributed by atoms with Crippen molar-refractivity contribution in [3.8, 4) is 0 Å². The van der Waals surface area contributed by atoms with E-state index in [2.05, 4.69) is 0 Å². The van der Waals surface area contributed by atoms with Crippen molar-refractivity contribution in [1.82, 2.24) is 0 Å². The Bertz CT molecular complexity index is 577. The van der Waals surface area contributed by atoms with Crippen molar-refractivity contribution in [2.45, 2.75) is 37.0 Å². The summed E-state index contributed by atoms with van der Waals surface area (Å²) in [5, 5.41) is 0. The zero-order chi connectivity index (χ0) is 14.6. The monoisotopic (exact) mass is 316 g/mol. The molecule has 1 aliphatic rings. The van der Waals surface area contributed by atoms with Gasteiger partial charge in [0.2, 0.25) is 0 Å². The first-order valence-electron chi connectivity index (χ1n) is 6.68. The van der Waals surface area contributed by atoms with Crippen molar-refractivity contribution in [3.05, 3.63) is 29.8 Å². The number of hydrogen-bond acceptors (Lipinski definition) is 4. The number of benzene rings is 1. The third kappa shape index (κ3) is 4.21. The van der Waals surface area contributed by atoms with Gasteiger partial charge in [-0.3, -0.25) is 0 Å². The second kappa shape index (κ2) is 6.59. The lowest BCUT2D eigenvalue weighted by atomic mass is 9.90. The van der Waals surface area contributed by atoms with Gasteiger partial charge in [0.25, 0.3) is 9.05 Å². The van der Waals surface area contributed by atoms with E-state index in [4.69, 9.17) is 15.4 Å². The molecule has 1 aromatic carbocycles. The Kier molecular flexibility index (Phi) is 5.05. The van der Waals surface area contributed by atoms with E-state index in [1.165, 1.54) is 43.5 Å². The van der Waals surface area contributed by atoms with Gasteiger partial charge in [-0.2, -0.15) is 0 Å². The summed E-state index contributed by atoms with van der Waals surface area (Å²) >= 11 is 0. The summed E-state index contributed by atoms with van der Waals surface area (Å²) in [5.41, 5.74) is 0.211. The molecule has 0 N–H and O–H groups in total. The lowest BCUT2D eigenvalue weighted by Crippen LogP contribution is -2.17. The van der Waals surface area contributed by atoms with Crippen LogP contribution in [-0.2, 0) is 13.8 Å². The zero-order valence-electron chi connectivity index (χ0n) is 11.0. The molecule has 0 radical (unpaired) electrons. The molecule has 1 saturated carbocycles. The fraction of sp³-hybridized carbons (Fsp3) is 0.500. The van der Waals surface area contributed by atoms with E-state index in [0.717, 1.165) is 12.8 Å². The minimum atomic E-state index is -3.83. The van der Waals surface area contributed by atoms with Gasteiger partial charge in [-0.15, -0.1) is 0 Å². The molecule has 20 heavy (non-hydrogen) atoms. The van der Waals surface area contributed by atoms with E-state index in [-0.39, 0.29) is 10.5 Å². The SMILES string of the molecule is O=C(OCC1CCCCC1)c1cccc(S(=O)(=O)Cl)c1. The van der Waals surface area contributed by atoms with E-state index < -0.39 is 15.0 Å². The van der Waals surface area contributed by atoms with Gasteiger partial charge in [-0.05, 0) is 37.0 Å². The molecule has 1 aliphatic carbocycles. The van der Waals surface area contributed by atoms with Crippen molar-refractivity contribution >= 4 is 25.7 Å². The average molecular weight is 317 g/mol. The van der Waals surface area contributed by atoms with E-state index in [0.29, 0.717) is 12.5 Å². The Morgan fingerprint density at radius 1 is 1.25 bits per heavy atom. The molecule has 1 fully saturated rings. The predicted octanol–water partition coefficient (Wildman–Crippen LogP) is 3.35. The Labute approximate surface area is 123 Å². The summed E-state index contributed by atoms with van der Waals surface area (Å²) in [4.78, 5) is 11.8. The summed E-state index contributed by atoms with van der Waals surface area (Å²) in [6.07, 6.45) is 5.79. The highest BCUT2D eigenvalue weighted by atomic mass is 35.7. The van der Waals surface area contributed by atoms with Gasteiger partial charge in [0, 0.05) is 10.7 Å². The van der Waals surface area contributed by atoms with Crippen LogP contribution in [-0.4, -0.2) is 21.0 Å². The molecule has 2 rings (SSSR count). The molecule has 0 aromatic heterocycles. The van der Waals surface area contributed by atoms with E-state index in [1.54, 1.807) is 0 Å². The molecule has 0 bridgehead atoms. The number of rotatable bonds is 4. The van der Waals surface area contributed by atoms with Crippen LogP contribution in [0.25, 0.3) is 0 Å². The van der Waals surface area contributed by atoms with Crippen LogP contribution in [0.1, 0.15) is 42.5 Å². The quantitative estimate of drug-likeness (QED) is 0.631. The Morgan fingerprint density at radius 3 is 2.60 bits per heavy atom. The van der Waals surface area contributed by atoms with Gasteiger partial charge >= 0.3 is 5.97 Å². The summed E-state index contributed by atoms with van der Waals surface area (Å²) in [6.45, 7) is 0.399. The first-order chi connectivity index (χ1) is 9.47. The second-order valence-corrected chi connectivity index (χ2v) is 7.63. The van der Waals surface area contributed by atoms with Crippen LogP contribution < -0.4 is 0 Å². The first kappa shape index (κ1) is 15.3. The Morgan fingerprint density at radius 2 is 1.95 bits per heavy atom. The highest BCUT2D eigenvalue weighted by Crippen LogP contribution is 2.24. The van der Waals surface area contributed by atoms with E-state index in [1.807, 2.05) is 0 Å². The van der Waals surface area contributed by atoms with Gasteiger partial charge < -0.3 is 4.74 Å². The summed E-state index contributed by atoms with van der Waals surface area (Å²) in [6, 6.07) is 5.59. The molecule has 110 valence electrons. The van der Waals surface area contributed by atoms with Crippen LogP contribution in [0.3, 0.4) is 0 Å². The maximum Gasteiger partial charge on any atom is 0.338 e. The molecule has 6 heteroatoms. The summed E-state index contributed by atoms with van der Waals surface area (Å²) in [7, 11) is 1.42. The minimum absolute atomic E-state index is 0.0914. The predicted molar refractivity (Wildman–Crippen MR) is 76.3 cm³/mol. The standard InChI is InChI=1S/C14H17ClO4S/c15-20(17,18)13-8-4-7-12(9-13)14(16)19-10-11-5-2-1-3-6-11/h4,7-9,11H,1-3,5-6,10H2. The average Bonchev–Trinajstić information content (AvgIpc) is 2.45. The van der Waals surface area contributed by atoms with Crippen LogP contribution in [0.2, 0.25) is 0 Å². The van der Waals surface area contributed by atoms with Crippen LogP contribution in [0.15, 0.2) is 29.2 Å². The molecular weight excluding hydrogens is 300 g/mol. The molecule has 0 saturated heterocycles. The highest BCUT2D eigenvalue weighted by molar-refractivity contribution is 8.13. The molecule has 1 aromatic rings. The van der Waals surface area contributed by atoms with Crippen LogP contribution in [0.5, 0.6) is 0 Å². The number of hydrogen-bond donors (Lipinski definition) is 0. The molecular formula is C14H17ClO4S. The topological polar surface area (TPSA) is 60.4 Å². The third-order valence-electron chi connectivity index (χ3n) is 3.53. The normalized spacial score (nSPS) is 16.9. The van der Waals surface area contributed by atoms with Gasteiger partial charge in [0.05, 0.1) is 17.1 Å². The number of halogens is 1. The summed E-state index contributed by atoms with van der Waals surface area (Å²) < 4.78 is 27.7. The Balaban J connectivity index is 1.98. The van der Waals surface area contributed by atoms with Crippen LogP contribution in [0.4, 0.5) is 0 Å². The number of ether oxygens (including phenoxy) is 1. The zero-order valence-corrected chi connectivity index (χ0v) is 12.6. The number of esters is 1. The van der Waals surface area contributed by atoms with Crippen LogP contribution in [0, 0.1) is 5.92 Å². The fourth-order valence-electron chi connectivity index (χ4n) is 2.41. The van der Waals surface area contributed by atoms with E-state index in [9.17, 15) is 13.2 Å². The molecule has 0 atom stereocenters. The third-order valence-corrected chi connectivity index (χ3v) is 4.88. The second-order valence-electron chi connectivity index (χ2n) is 5.07. The van der Waals surface area contributed by atoms with Crippen molar-refractivity contribution in [2.24, 2.45) is 5.92 Å². The molecule has 0 unspecified atom stereocenters. The van der Waals surface area contributed by atoms with E-state index >= 15 is 0 Å². The van der Waals surface area contributed by atoms with Gasteiger partial charge in [0.1, 0.15) is 0 Å². The molecule has 0 amide bonds. The fourth-order valence-corrected chi connectivity index (χ4v) is 3.20. The molecule has 0 spiro atoms. The van der Waals surface area contributed by atoms with Crippen molar-refractivity contribution in [2.75, 3.05) is 6.61 Å². The maximum atomic E-state index is 11.9. The van der Waals surface area contributed by atoms with Gasteiger partial charge in [-0.1, -0.05) is 25.3 Å². The molecule has 4 nitrogen and oxygen atoms in total. The van der Waals surface area contributed by atoms with Crippen molar-refractivity contribution in [3.63, 3.8) is 0 Å². The highest BCUT2D eigenvalue weighted by Gasteiger charge is 2.18. The first-order valence-corrected chi connectivity index (χ1v) is 8.99. The largest absolute Gasteiger partial charge is 0.462 e. The smallest absolute Gasteiger partial charge is 0.338 e. The Hall–Kier alpha value is -1.07. The lowest BCUT2D eigenvalue weighted by Gasteiger charge is -2.21. The number of carbonyl (C=O) groups excluding carboxylic acids is 1. The van der Waals surface area contributed by atoms with Crippen molar-refractivity contribution in [1.29, 1.82) is 0 Å². The lowest BCUT2D eigenvalue weighted by molar-refractivity contribution is 0.0410.